The molecule has 0 saturated carbocycles. The number of benzene rings is 2. The van der Waals surface area contributed by atoms with Gasteiger partial charge in [0.1, 0.15) is 0 Å². The van der Waals surface area contributed by atoms with Gasteiger partial charge >= 0.3 is 0 Å². The minimum atomic E-state index is -0.359. The summed E-state index contributed by atoms with van der Waals surface area (Å²) >= 11 is 0. The molecule has 1 N–H and O–H groups in total. The number of hydrogen-bond acceptors (Lipinski definition) is 2. The Morgan fingerprint density at radius 3 is 2.17 bits per heavy atom. The van der Waals surface area contributed by atoms with Crippen LogP contribution in [0.4, 0.5) is 0 Å². The highest BCUT2D eigenvalue weighted by atomic mass is 16.3. The van der Waals surface area contributed by atoms with Crippen LogP contribution in [0.3, 0.4) is 0 Å². The molecule has 1 heterocycles. The molecule has 0 aliphatic heterocycles. The standard InChI is InChI=1S/C26H34N2O/c1-22(2)15-17-27(21-26(29)18-23-10-5-3-6-11-23)20-25-14-9-16-28(25)19-24-12-7-4-8-13-24/h3-14,16,22,26,29H,15,17-21H2,1-2H3/t26-/m1/s1. The van der Waals surface area contributed by atoms with Gasteiger partial charge in [-0.2, -0.15) is 0 Å². The summed E-state index contributed by atoms with van der Waals surface area (Å²) in [6, 6.07) is 25.2. The molecule has 0 spiro atoms. The van der Waals surface area contributed by atoms with Gasteiger partial charge in [-0.05, 0) is 48.6 Å². The Bertz CT molecular complexity index is 826. The monoisotopic (exact) mass is 390 g/mol. The van der Waals surface area contributed by atoms with Crippen molar-refractivity contribution in [2.75, 3.05) is 13.1 Å². The fraction of sp³-hybridized carbons (Fsp3) is 0.385. The number of aromatic nitrogens is 1. The Morgan fingerprint density at radius 2 is 1.52 bits per heavy atom. The van der Waals surface area contributed by atoms with Crippen molar-refractivity contribution in [1.29, 1.82) is 0 Å². The van der Waals surface area contributed by atoms with E-state index in [1.807, 2.05) is 18.2 Å². The van der Waals surface area contributed by atoms with E-state index in [4.69, 9.17) is 0 Å². The molecule has 0 aliphatic carbocycles. The largest absolute Gasteiger partial charge is 0.391 e. The fourth-order valence-corrected chi connectivity index (χ4v) is 3.68. The molecule has 3 rings (SSSR count). The first-order valence-electron chi connectivity index (χ1n) is 10.7. The molecule has 3 nitrogen and oxygen atoms in total. The number of hydrogen-bond donors (Lipinski definition) is 1. The highest BCUT2D eigenvalue weighted by Gasteiger charge is 2.15. The zero-order valence-corrected chi connectivity index (χ0v) is 17.7. The second-order valence-corrected chi connectivity index (χ2v) is 8.37. The average molecular weight is 391 g/mol. The summed E-state index contributed by atoms with van der Waals surface area (Å²) in [4.78, 5) is 2.41. The Balaban J connectivity index is 1.65. The van der Waals surface area contributed by atoms with E-state index < -0.39 is 0 Å². The fourth-order valence-electron chi connectivity index (χ4n) is 3.68. The lowest BCUT2D eigenvalue weighted by atomic mass is 10.1. The summed E-state index contributed by atoms with van der Waals surface area (Å²) in [6.45, 7) is 7.96. The summed E-state index contributed by atoms with van der Waals surface area (Å²) in [5.74, 6) is 0.653. The first-order valence-corrected chi connectivity index (χ1v) is 10.7. The van der Waals surface area contributed by atoms with E-state index >= 15 is 0 Å². The topological polar surface area (TPSA) is 28.4 Å². The van der Waals surface area contributed by atoms with E-state index in [1.54, 1.807) is 0 Å². The predicted octanol–water partition coefficient (Wildman–Crippen LogP) is 4.99. The third-order valence-corrected chi connectivity index (χ3v) is 5.31. The van der Waals surface area contributed by atoms with E-state index in [1.165, 1.54) is 16.8 Å². The molecule has 1 aromatic heterocycles. The van der Waals surface area contributed by atoms with Crippen molar-refractivity contribution in [2.24, 2.45) is 5.92 Å². The molecule has 29 heavy (non-hydrogen) atoms. The Morgan fingerprint density at radius 1 is 0.862 bits per heavy atom. The zero-order chi connectivity index (χ0) is 20.5. The van der Waals surface area contributed by atoms with Gasteiger partial charge in [0.25, 0.3) is 0 Å². The highest BCUT2D eigenvalue weighted by Crippen LogP contribution is 2.14. The van der Waals surface area contributed by atoms with E-state index in [9.17, 15) is 5.11 Å². The molecular weight excluding hydrogens is 356 g/mol. The number of aliphatic hydroxyl groups excluding tert-OH is 1. The van der Waals surface area contributed by atoms with E-state index in [2.05, 4.69) is 84.1 Å². The molecule has 3 aromatic rings. The summed E-state index contributed by atoms with van der Waals surface area (Å²) < 4.78 is 2.32. The quantitative estimate of drug-likeness (QED) is 0.500. The first-order chi connectivity index (χ1) is 14.1. The molecule has 0 amide bonds. The summed E-state index contributed by atoms with van der Waals surface area (Å²) in [7, 11) is 0. The third-order valence-electron chi connectivity index (χ3n) is 5.31. The lowest BCUT2D eigenvalue weighted by Gasteiger charge is -2.26. The predicted molar refractivity (Wildman–Crippen MR) is 121 cm³/mol. The van der Waals surface area contributed by atoms with Crippen molar-refractivity contribution < 1.29 is 5.11 Å². The second-order valence-electron chi connectivity index (χ2n) is 8.37. The van der Waals surface area contributed by atoms with Crippen LogP contribution in [0.1, 0.15) is 37.1 Å². The number of aliphatic hydroxyl groups is 1. The van der Waals surface area contributed by atoms with E-state index in [-0.39, 0.29) is 6.10 Å². The normalized spacial score (nSPS) is 12.6. The molecule has 0 radical (unpaired) electrons. The SMILES string of the molecule is CC(C)CCN(Cc1cccn1Cc1ccccc1)C[C@H](O)Cc1ccccc1. The first kappa shape index (κ1) is 21.4. The Kier molecular flexibility index (Phi) is 8.09. The maximum Gasteiger partial charge on any atom is 0.0707 e. The minimum absolute atomic E-state index is 0.359. The zero-order valence-electron chi connectivity index (χ0n) is 17.7. The lowest BCUT2D eigenvalue weighted by Crippen LogP contribution is -2.35. The summed E-state index contributed by atoms with van der Waals surface area (Å²) in [5.41, 5.74) is 3.79. The van der Waals surface area contributed by atoms with Crippen molar-refractivity contribution in [3.63, 3.8) is 0 Å². The number of rotatable bonds is 11. The van der Waals surface area contributed by atoms with Crippen molar-refractivity contribution in [3.05, 3.63) is 95.8 Å². The molecule has 0 saturated heterocycles. The van der Waals surface area contributed by atoms with Gasteiger partial charge in [-0.15, -0.1) is 0 Å². The summed E-state index contributed by atoms with van der Waals surface area (Å²) in [5, 5.41) is 10.7. The van der Waals surface area contributed by atoms with Gasteiger partial charge in [0, 0.05) is 31.5 Å². The van der Waals surface area contributed by atoms with Crippen LogP contribution in [0.25, 0.3) is 0 Å². The summed E-state index contributed by atoms with van der Waals surface area (Å²) in [6.07, 6.45) is 3.63. The Labute approximate surface area is 175 Å². The van der Waals surface area contributed by atoms with Crippen LogP contribution in [0.2, 0.25) is 0 Å². The van der Waals surface area contributed by atoms with Gasteiger partial charge in [0.05, 0.1) is 6.10 Å². The van der Waals surface area contributed by atoms with Crippen molar-refractivity contribution >= 4 is 0 Å². The molecule has 154 valence electrons. The van der Waals surface area contributed by atoms with Crippen molar-refractivity contribution in [2.45, 2.75) is 45.9 Å². The van der Waals surface area contributed by atoms with Gasteiger partial charge in [0.2, 0.25) is 0 Å². The molecular formula is C26H34N2O. The van der Waals surface area contributed by atoms with Crippen LogP contribution in [0.5, 0.6) is 0 Å². The van der Waals surface area contributed by atoms with Crippen LogP contribution >= 0.6 is 0 Å². The smallest absolute Gasteiger partial charge is 0.0707 e. The third kappa shape index (κ3) is 7.19. The van der Waals surface area contributed by atoms with Crippen LogP contribution < -0.4 is 0 Å². The van der Waals surface area contributed by atoms with Crippen LogP contribution in [-0.2, 0) is 19.5 Å². The van der Waals surface area contributed by atoms with Gasteiger partial charge in [0.15, 0.2) is 0 Å². The van der Waals surface area contributed by atoms with Gasteiger partial charge in [-0.3, -0.25) is 4.90 Å². The van der Waals surface area contributed by atoms with Gasteiger partial charge in [-0.25, -0.2) is 0 Å². The molecule has 0 aliphatic rings. The molecule has 3 heteroatoms. The van der Waals surface area contributed by atoms with E-state index in [0.29, 0.717) is 18.9 Å². The lowest BCUT2D eigenvalue weighted by molar-refractivity contribution is 0.104. The van der Waals surface area contributed by atoms with Gasteiger partial charge < -0.3 is 9.67 Å². The molecule has 0 unspecified atom stereocenters. The molecule has 1 atom stereocenters. The second kappa shape index (κ2) is 11.0. The minimum Gasteiger partial charge on any atom is -0.391 e. The maximum atomic E-state index is 10.7. The molecule has 2 aromatic carbocycles. The van der Waals surface area contributed by atoms with Gasteiger partial charge in [-0.1, -0.05) is 74.5 Å². The van der Waals surface area contributed by atoms with Crippen molar-refractivity contribution in [3.8, 4) is 0 Å². The maximum absolute atomic E-state index is 10.7. The highest BCUT2D eigenvalue weighted by molar-refractivity contribution is 5.18. The van der Waals surface area contributed by atoms with Crippen LogP contribution in [-0.4, -0.2) is 33.8 Å². The van der Waals surface area contributed by atoms with E-state index in [0.717, 1.165) is 26.1 Å². The average Bonchev–Trinajstić information content (AvgIpc) is 3.14. The van der Waals surface area contributed by atoms with Crippen LogP contribution in [0.15, 0.2) is 79.0 Å². The molecule has 0 bridgehead atoms. The Hall–Kier alpha value is -2.36. The van der Waals surface area contributed by atoms with Crippen molar-refractivity contribution in [1.82, 2.24) is 9.47 Å². The molecule has 0 fully saturated rings. The number of nitrogens with zero attached hydrogens (tertiary/aromatic N) is 2. The van der Waals surface area contributed by atoms with Crippen LogP contribution in [0, 0.1) is 5.92 Å².